The van der Waals surface area contributed by atoms with Gasteiger partial charge in [0, 0.05) is 39.8 Å². The van der Waals surface area contributed by atoms with E-state index in [2.05, 4.69) is 32.8 Å². The van der Waals surface area contributed by atoms with Gasteiger partial charge in [-0.1, -0.05) is 0 Å². The van der Waals surface area contributed by atoms with Gasteiger partial charge in [0.15, 0.2) is 16.3 Å². The molecule has 1 aliphatic heterocycles. The van der Waals surface area contributed by atoms with E-state index >= 15 is 0 Å². The smallest absolute Gasteiger partial charge is 0.280 e. The lowest BCUT2D eigenvalue weighted by Crippen LogP contribution is -2.44. The summed E-state index contributed by atoms with van der Waals surface area (Å²) in [6, 6.07) is 0. The van der Waals surface area contributed by atoms with Crippen LogP contribution in [-0.4, -0.2) is 45.3 Å². The van der Waals surface area contributed by atoms with Crippen LogP contribution in [0.4, 0.5) is 5.95 Å². The van der Waals surface area contributed by atoms with Crippen molar-refractivity contribution < 1.29 is 0 Å². The fourth-order valence-electron chi connectivity index (χ4n) is 2.54. The topological polar surface area (TPSA) is 68.0 Å². The van der Waals surface area contributed by atoms with Crippen LogP contribution in [0.2, 0.25) is 0 Å². The molecule has 0 unspecified atom stereocenters. The van der Waals surface area contributed by atoms with Crippen molar-refractivity contribution in [3.8, 4) is 0 Å². The third kappa shape index (κ3) is 1.99. The van der Waals surface area contributed by atoms with Gasteiger partial charge in [-0.15, -0.1) is 12.6 Å². The van der Waals surface area contributed by atoms with Crippen molar-refractivity contribution in [1.82, 2.24) is 24.4 Å². The average molecular weight is 294 g/mol. The molecule has 3 rings (SSSR count). The van der Waals surface area contributed by atoms with E-state index in [-0.39, 0.29) is 5.56 Å². The van der Waals surface area contributed by atoms with Gasteiger partial charge in [0.05, 0.1) is 0 Å². The Balaban J connectivity index is 2.23. The van der Waals surface area contributed by atoms with Crippen molar-refractivity contribution in [3.05, 3.63) is 10.4 Å². The van der Waals surface area contributed by atoms with Gasteiger partial charge in [-0.2, -0.15) is 4.98 Å². The Morgan fingerprint density at radius 2 is 2.00 bits per heavy atom. The molecule has 1 N–H and O–H groups in total. The molecular formula is C12H18N6OS. The van der Waals surface area contributed by atoms with E-state index in [9.17, 15) is 4.79 Å². The van der Waals surface area contributed by atoms with Crippen LogP contribution in [0.1, 0.15) is 6.92 Å². The summed E-state index contributed by atoms with van der Waals surface area (Å²) in [4.78, 5) is 23.5. The zero-order valence-electron chi connectivity index (χ0n) is 11.6. The number of aromatic nitrogens is 4. The molecule has 8 heteroatoms. The molecule has 0 saturated carbocycles. The first-order chi connectivity index (χ1) is 9.63. The van der Waals surface area contributed by atoms with Crippen LogP contribution < -0.4 is 15.8 Å². The highest BCUT2D eigenvalue weighted by atomic mass is 32.1. The van der Waals surface area contributed by atoms with E-state index in [1.54, 1.807) is 7.05 Å². The number of nitrogens with one attached hydrogen (secondary N) is 1. The van der Waals surface area contributed by atoms with Gasteiger partial charge >= 0.3 is 0 Å². The number of hydrogen-bond acceptors (Lipinski definition) is 6. The number of piperazine rings is 1. The lowest BCUT2D eigenvalue weighted by atomic mass is 10.4. The van der Waals surface area contributed by atoms with Gasteiger partial charge in [0.25, 0.3) is 5.56 Å². The van der Waals surface area contributed by atoms with E-state index in [4.69, 9.17) is 0 Å². The van der Waals surface area contributed by atoms with Gasteiger partial charge < -0.3 is 14.8 Å². The number of anilines is 1. The predicted molar refractivity (Wildman–Crippen MR) is 80.8 cm³/mol. The maximum atomic E-state index is 12.4. The summed E-state index contributed by atoms with van der Waals surface area (Å²) in [6.45, 7) is 6.33. The lowest BCUT2D eigenvalue weighted by Gasteiger charge is -2.28. The molecule has 0 aromatic carbocycles. The lowest BCUT2D eigenvalue weighted by molar-refractivity contribution is 0.569. The summed E-state index contributed by atoms with van der Waals surface area (Å²) < 4.78 is 3.39. The van der Waals surface area contributed by atoms with Crippen LogP contribution in [0.15, 0.2) is 9.95 Å². The van der Waals surface area contributed by atoms with E-state index in [1.807, 2.05) is 11.5 Å². The van der Waals surface area contributed by atoms with Crippen LogP contribution in [0.25, 0.3) is 11.2 Å². The first kappa shape index (κ1) is 13.4. The molecule has 1 saturated heterocycles. The van der Waals surface area contributed by atoms with Crippen molar-refractivity contribution in [2.45, 2.75) is 18.6 Å². The van der Waals surface area contributed by atoms with Gasteiger partial charge in [0.2, 0.25) is 5.95 Å². The normalized spacial score (nSPS) is 16.1. The number of fused-ring (bicyclic) bond motifs is 1. The largest absolute Gasteiger partial charge is 0.340 e. The van der Waals surface area contributed by atoms with E-state index < -0.39 is 0 Å². The minimum Gasteiger partial charge on any atom is -0.340 e. The molecule has 108 valence electrons. The maximum absolute atomic E-state index is 12.4. The summed E-state index contributed by atoms with van der Waals surface area (Å²) in [7, 11) is 1.68. The molecule has 3 heterocycles. The number of rotatable bonds is 2. The van der Waals surface area contributed by atoms with Gasteiger partial charge in [-0.25, -0.2) is 4.98 Å². The summed E-state index contributed by atoms with van der Waals surface area (Å²) >= 11 is 4.22. The monoisotopic (exact) mass is 294 g/mol. The Morgan fingerprint density at radius 3 is 2.65 bits per heavy atom. The second-order valence-electron chi connectivity index (χ2n) is 4.84. The fourth-order valence-corrected chi connectivity index (χ4v) is 2.73. The van der Waals surface area contributed by atoms with Gasteiger partial charge in [-0.05, 0) is 6.92 Å². The molecule has 0 aliphatic carbocycles. The number of imidazole rings is 1. The van der Waals surface area contributed by atoms with Crippen LogP contribution in [0, 0.1) is 0 Å². The third-order valence-corrected chi connectivity index (χ3v) is 4.06. The Morgan fingerprint density at radius 1 is 1.30 bits per heavy atom. The average Bonchev–Trinajstić information content (AvgIpc) is 2.84. The van der Waals surface area contributed by atoms with Crippen molar-refractivity contribution >= 4 is 29.7 Å². The van der Waals surface area contributed by atoms with Crippen molar-refractivity contribution in [2.75, 3.05) is 31.1 Å². The Hall–Kier alpha value is -1.54. The molecule has 20 heavy (non-hydrogen) atoms. The van der Waals surface area contributed by atoms with Crippen molar-refractivity contribution in [3.63, 3.8) is 0 Å². The van der Waals surface area contributed by atoms with E-state index in [1.165, 1.54) is 4.57 Å². The molecule has 7 nitrogen and oxygen atoms in total. The van der Waals surface area contributed by atoms with Crippen LogP contribution in [0.5, 0.6) is 0 Å². The SMILES string of the molecule is CCn1c(N2CCNCC2)nc2nc(S)n(C)c(=O)c21. The van der Waals surface area contributed by atoms with Crippen molar-refractivity contribution in [2.24, 2.45) is 7.05 Å². The highest BCUT2D eigenvalue weighted by molar-refractivity contribution is 7.80. The second-order valence-corrected chi connectivity index (χ2v) is 5.24. The summed E-state index contributed by atoms with van der Waals surface area (Å²) in [6.07, 6.45) is 0. The van der Waals surface area contributed by atoms with Crippen molar-refractivity contribution in [1.29, 1.82) is 0 Å². The molecule has 0 amide bonds. The molecular weight excluding hydrogens is 276 g/mol. The Labute approximate surface area is 122 Å². The summed E-state index contributed by atoms with van der Waals surface area (Å²) in [5, 5.41) is 3.70. The quantitative estimate of drug-likeness (QED) is 0.595. The second kappa shape index (κ2) is 5.10. The third-order valence-electron chi connectivity index (χ3n) is 3.66. The maximum Gasteiger partial charge on any atom is 0.280 e. The predicted octanol–water partition coefficient (Wildman–Crippen LogP) is -0.152. The van der Waals surface area contributed by atoms with Crippen LogP contribution in [0.3, 0.4) is 0 Å². The molecule has 2 aromatic heterocycles. The molecule has 1 aliphatic rings. The number of hydrogen-bond donors (Lipinski definition) is 2. The highest BCUT2D eigenvalue weighted by Crippen LogP contribution is 2.20. The number of thiol groups is 1. The standard InChI is InChI=1S/C12H18N6OS/c1-3-18-8-9(15-12(20)16(2)10(8)19)14-11(18)17-6-4-13-5-7-17/h13H,3-7H2,1-2H3,(H,15,20). The highest BCUT2D eigenvalue weighted by Gasteiger charge is 2.21. The van der Waals surface area contributed by atoms with E-state index in [0.29, 0.717) is 22.9 Å². The molecule has 0 bridgehead atoms. The zero-order valence-corrected chi connectivity index (χ0v) is 12.5. The fraction of sp³-hybridized carbons (Fsp3) is 0.583. The number of nitrogens with zero attached hydrogens (tertiary/aromatic N) is 5. The minimum atomic E-state index is -0.101. The molecule has 0 radical (unpaired) electrons. The van der Waals surface area contributed by atoms with Gasteiger partial charge in [-0.3, -0.25) is 9.36 Å². The van der Waals surface area contributed by atoms with Crippen LogP contribution >= 0.6 is 12.6 Å². The Kier molecular flexibility index (Phi) is 3.43. The van der Waals surface area contributed by atoms with Crippen LogP contribution in [-0.2, 0) is 13.6 Å². The molecule has 0 spiro atoms. The molecule has 1 fully saturated rings. The zero-order chi connectivity index (χ0) is 14.3. The molecule has 2 aromatic rings. The molecule has 0 atom stereocenters. The van der Waals surface area contributed by atoms with E-state index in [0.717, 1.165) is 32.1 Å². The Bertz CT molecular complexity index is 700. The first-order valence-electron chi connectivity index (χ1n) is 6.75. The number of aryl methyl sites for hydroxylation is 1. The summed E-state index contributed by atoms with van der Waals surface area (Å²) in [5.41, 5.74) is 0.936. The minimum absolute atomic E-state index is 0.101. The van der Waals surface area contributed by atoms with Gasteiger partial charge in [0.1, 0.15) is 0 Å². The first-order valence-corrected chi connectivity index (χ1v) is 7.20. The summed E-state index contributed by atoms with van der Waals surface area (Å²) in [5.74, 6) is 0.826.